The van der Waals surface area contributed by atoms with Gasteiger partial charge in [-0.15, -0.1) is 24.0 Å². The molecule has 0 fully saturated rings. The summed E-state index contributed by atoms with van der Waals surface area (Å²) in [7, 11) is -0.339. The van der Waals surface area contributed by atoms with E-state index >= 15 is 0 Å². The zero-order valence-corrected chi connectivity index (χ0v) is 74.6. The number of benzene rings is 14. The van der Waals surface area contributed by atoms with E-state index in [0.29, 0.717) is 13.3 Å². The molecule has 100 heavy (non-hydrogen) atoms. The van der Waals surface area contributed by atoms with Crippen molar-refractivity contribution in [1.82, 2.24) is 0 Å². The fraction of sp³-hybridized carbons (Fsp3) is 0. The van der Waals surface area contributed by atoms with E-state index in [0.717, 1.165) is 0 Å². The van der Waals surface area contributed by atoms with Gasteiger partial charge >= 0.3 is 50.5 Å². The third-order valence-electron chi connectivity index (χ3n) is 13.9. The predicted octanol–water partition coefficient (Wildman–Crippen LogP) is 12.6. The minimum atomic E-state index is -0.123. The van der Waals surface area contributed by atoms with Gasteiger partial charge in [-0.25, -0.2) is 0 Å². The third-order valence-corrected chi connectivity index (χ3v) is 24.8. The standard InChI is InChI=1S/C36H28S3.C24H19S2.C18H15S.C6H6.4ClH.I3.I2.HI/c1-5-13-31(14-6-1)38(32-15-7-2-8-16-32)35-25-21-29(22-26-35)37-30-23-27-36(28-24-30)39(33-17-9-3-10-18-33)34-19-11-4-12-20-34;1-4-10-20(11-5-1)25-21-16-18-24(19-17-21)26(22-12-6-2-7-13-22)23-14-8-3-9-15-23;1-4-10-16(11-5-1)19(17-12-6-2-7-13-17)18-14-8-3-9-15-18;1-2-4-6-5-3-1;;;;;1-3-2;1-2;/h1-28H;1-19H;1-15H;1-6H;4*1H;;;1H/q+2;2*+1;;;;;;-1;;/p-4. The minimum absolute atomic E-state index is 0. The van der Waals surface area contributed by atoms with E-state index < -0.39 is 0 Å². The Bertz CT molecular complexity index is 3930. The van der Waals surface area contributed by atoms with Crippen molar-refractivity contribution >= 4 is 166 Å². The van der Waals surface area contributed by atoms with Crippen molar-refractivity contribution in [1.29, 1.82) is 0 Å². The van der Waals surface area contributed by atoms with Crippen LogP contribution in [0.5, 0.6) is 0 Å². The smallest absolute Gasteiger partial charge is 0.166 e. The summed E-state index contributed by atoms with van der Waals surface area (Å²) in [6, 6.07) is 147. The van der Waals surface area contributed by atoms with Crippen LogP contribution in [-0.2, 0) is 43.6 Å². The van der Waals surface area contributed by atoms with Gasteiger partial charge in [0.2, 0.25) is 0 Å². The van der Waals surface area contributed by atoms with E-state index in [1.54, 1.807) is 11.8 Å². The molecule has 0 spiro atoms. The number of rotatable bonds is 16. The maximum Gasteiger partial charge on any atom is 0.166 e. The second-order valence-corrected chi connectivity index (χ2v) is 46.8. The van der Waals surface area contributed by atoms with Crippen molar-refractivity contribution in [2.24, 2.45) is 0 Å². The van der Waals surface area contributed by atoms with Crippen molar-refractivity contribution in [3.8, 4) is 0 Å². The van der Waals surface area contributed by atoms with Crippen LogP contribution >= 0.6 is 122 Å². The summed E-state index contributed by atoms with van der Waals surface area (Å²) >= 11 is 13.2. The van der Waals surface area contributed by atoms with E-state index in [1.165, 1.54) is 78.3 Å². The molecule has 0 atom stereocenters. The molecule has 0 N–H and O–H groups in total. The summed E-state index contributed by atoms with van der Waals surface area (Å²) in [6.45, 7) is 0. The van der Waals surface area contributed by atoms with E-state index in [-0.39, 0.29) is 117 Å². The van der Waals surface area contributed by atoms with Gasteiger partial charge in [-0.1, -0.05) is 242 Å². The van der Waals surface area contributed by atoms with Gasteiger partial charge in [-0.3, -0.25) is 0 Å². The van der Waals surface area contributed by atoms with Gasteiger partial charge in [-0.05, 0) is 194 Å². The second kappa shape index (κ2) is 52.6. The first-order valence-corrected chi connectivity index (χ1v) is 55.7. The summed E-state index contributed by atoms with van der Waals surface area (Å²) in [5.41, 5.74) is 0. The number of hydrogen-bond donors (Lipinski definition) is 0. The molecule has 0 saturated heterocycles. The molecule has 0 aliphatic heterocycles. The average molecular weight is 2170 g/mol. The Balaban J connectivity index is 0.000000302. The molecule has 0 heterocycles. The third kappa shape index (κ3) is 29.2. The second-order valence-electron chi connectivity index (χ2n) is 20.2. The molecule has 0 amide bonds. The molecule has 0 unspecified atom stereocenters. The largest absolute Gasteiger partial charge is 1.00 e. The topological polar surface area (TPSA) is 0 Å². The first-order chi connectivity index (χ1) is 47.1. The zero-order chi connectivity index (χ0) is 65.8. The van der Waals surface area contributed by atoms with Crippen LogP contribution in [0.15, 0.2) is 491 Å². The van der Waals surface area contributed by atoms with Gasteiger partial charge in [0, 0.05) is 56.8 Å². The van der Waals surface area contributed by atoms with E-state index in [9.17, 15) is 0 Å². The zero-order valence-electron chi connectivity index (χ0n) is 53.5. The summed E-state index contributed by atoms with van der Waals surface area (Å²) in [6.07, 6.45) is 0. The van der Waals surface area contributed by atoms with Crippen LogP contribution < -0.4 is 62.9 Å². The van der Waals surface area contributed by atoms with Gasteiger partial charge in [0.05, 0.1) is 43.6 Å². The van der Waals surface area contributed by atoms with Crippen molar-refractivity contribution in [2.45, 2.75) is 78.3 Å². The van der Waals surface area contributed by atoms with Crippen LogP contribution in [-0.4, -0.2) is 0 Å². The van der Waals surface area contributed by atoms with Gasteiger partial charge in [-0.2, -0.15) is 0 Å². The van der Waals surface area contributed by atoms with E-state index in [1.807, 2.05) is 48.2 Å². The van der Waals surface area contributed by atoms with Crippen LogP contribution in [0.2, 0.25) is 0 Å². The van der Waals surface area contributed by atoms with Crippen LogP contribution in [0.4, 0.5) is 0 Å². The van der Waals surface area contributed by atoms with Crippen LogP contribution in [0.1, 0.15) is 0 Å². The quantitative estimate of drug-likeness (QED) is 0.0699. The van der Waals surface area contributed by atoms with Crippen molar-refractivity contribution < 1.29 is 62.9 Å². The SMILES string of the molecule is I.II.I[I-]I.[Cl-].[Cl-].[Cl-].[Cl-].c1ccc(Sc2ccc([S+](c3ccccc3)c3ccccc3)cc2)cc1.c1ccc([S+](c2ccccc2)c2ccc(Sc3ccc([S+](c4ccccc4)c4ccccc4)cc3)cc2)cc1.c1ccc([S+](c2ccccc2)c2ccccc2)cc1.c1ccccc1. The molecule has 0 radical (unpaired) electrons. The molecule has 0 saturated carbocycles. The molecule has 0 bridgehead atoms. The molecular formula is C84H69Cl4I6S6-. The van der Waals surface area contributed by atoms with E-state index in [4.69, 9.17) is 0 Å². The normalized spacial score (nSPS) is 9.92. The fourth-order valence-corrected chi connectivity index (χ4v) is 19.7. The maximum absolute atomic E-state index is 2.39. The first kappa shape index (κ1) is 89.1. The van der Waals surface area contributed by atoms with Crippen LogP contribution in [0.3, 0.4) is 0 Å². The van der Waals surface area contributed by atoms with Crippen molar-refractivity contribution in [3.63, 3.8) is 0 Å². The first-order valence-electron chi connectivity index (χ1n) is 30.3. The Morgan fingerprint density at radius 1 is 0.170 bits per heavy atom. The minimum Gasteiger partial charge on any atom is -1.00 e. The molecule has 14 aromatic carbocycles. The Kier molecular flexibility index (Phi) is 46.9. The maximum atomic E-state index is 2.39. The fourth-order valence-electron chi connectivity index (χ4n) is 9.72. The Morgan fingerprint density at radius 3 is 0.410 bits per heavy atom. The molecule has 14 aromatic rings. The molecular weight excluding hydrogens is 2100 g/mol. The van der Waals surface area contributed by atoms with Crippen molar-refractivity contribution in [3.05, 3.63) is 413 Å². The van der Waals surface area contributed by atoms with Crippen LogP contribution in [0.25, 0.3) is 0 Å². The summed E-state index contributed by atoms with van der Waals surface area (Å²) < 4.78 is 0. The molecule has 0 nitrogen and oxygen atoms in total. The molecule has 512 valence electrons. The monoisotopic (exact) mass is 2170 g/mol. The molecule has 0 aromatic heterocycles. The van der Waals surface area contributed by atoms with Gasteiger partial charge in [0.15, 0.2) is 58.7 Å². The summed E-state index contributed by atoms with van der Waals surface area (Å²) in [4.78, 5) is 21.2. The Hall–Kier alpha value is -3.28. The molecule has 0 aliphatic carbocycles. The van der Waals surface area contributed by atoms with E-state index in [2.05, 4.69) is 451 Å². The van der Waals surface area contributed by atoms with Gasteiger partial charge in [0.25, 0.3) is 0 Å². The van der Waals surface area contributed by atoms with Crippen molar-refractivity contribution in [2.75, 3.05) is 0 Å². The summed E-state index contributed by atoms with van der Waals surface area (Å²) in [5.74, 6) is 0. The number of halogens is 10. The molecule has 0 aliphatic rings. The molecule has 16 heteroatoms. The molecule has 14 rings (SSSR count). The Labute approximate surface area is 708 Å². The van der Waals surface area contributed by atoms with Crippen LogP contribution in [0, 0.1) is 0 Å². The number of hydrogen-bond acceptors (Lipinski definition) is 2. The summed E-state index contributed by atoms with van der Waals surface area (Å²) in [5, 5.41) is 0. The Morgan fingerprint density at radius 2 is 0.270 bits per heavy atom. The predicted molar refractivity (Wildman–Crippen MR) is 459 cm³/mol. The van der Waals surface area contributed by atoms with Gasteiger partial charge in [0.1, 0.15) is 0 Å². The average Bonchev–Trinajstić information content (AvgIpc) is 0.836. The van der Waals surface area contributed by atoms with Gasteiger partial charge < -0.3 is 49.6 Å².